The first-order valence-electron chi connectivity index (χ1n) is 8.65. The molecule has 1 aliphatic rings. The number of benzene rings is 1. The number of aromatic nitrogens is 2. The average Bonchev–Trinajstić information content (AvgIpc) is 2.60. The van der Waals surface area contributed by atoms with Crippen LogP contribution >= 0.6 is 11.6 Å². The van der Waals surface area contributed by atoms with Crippen LogP contribution in [0.4, 0.5) is 5.82 Å². The molecule has 25 heavy (non-hydrogen) atoms. The number of piperidine rings is 1. The molecule has 2 aromatic rings. The van der Waals surface area contributed by atoms with Gasteiger partial charge in [-0.05, 0) is 37.3 Å². The number of hydrogen-bond acceptors (Lipinski definition) is 4. The summed E-state index contributed by atoms with van der Waals surface area (Å²) in [5.41, 5.74) is 1.43. The fourth-order valence-electron chi connectivity index (χ4n) is 2.97. The van der Waals surface area contributed by atoms with Crippen molar-refractivity contribution in [1.29, 1.82) is 0 Å². The van der Waals surface area contributed by atoms with Gasteiger partial charge >= 0.3 is 0 Å². The van der Waals surface area contributed by atoms with E-state index in [0.717, 1.165) is 31.5 Å². The maximum Gasteiger partial charge on any atom is 0.272 e. The molecule has 0 unspecified atom stereocenters. The highest BCUT2D eigenvalue weighted by atomic mass is 35.5. The highest BCUT2D eigenvalue weighted by Gasteiger charge is 2.23. The van der Waals surface area contributed by atoms with Crippen molar-refractivity contribution in [3.63, 3.8) is 0 Å². The van der Waals surface area contributed by atoms with E-state index in [1.54, 1.807) is 13.0 Å². The van der Waals surface area contributed by atoms with Crippen LogP contribution in [0.1, 0.15) is 41.6 Å². The zero-order valence-electron chi connectivity index (χ0n) is 14.6. The number of hydrogen-bond donors (Lipinski definition) is 1. The number of halogens is 1. The Bertz CT molecular complexity index is 757. The van der Waals surface area contributed by atoms with Crippen LogP contribution in [0.25, 0.3) is 0 Å². The van der Waals surface area contributed by atoms with Gasteiger partial charge in [0, 0.05) is 30.7 Å². The number of anilines is 1. The molecule has 1 aromatic heterocycles. The first-order valence-corrected chi connectivity index (χ1v) is 9.03. The van der Waals surface area contributed by atoms with Crippen LogP contribution in [-0.4, -0.2) is 33.9 Å². The van der Waals surface area contributed by atoms with E-state index in [1.165, 1.54) is 0 Å². The molecule has 0 atom stereocenters. The fraction of sp³-hybridized carbons (Fsp3) is 0.421. The lowest BCUT2D eigenvalue weighted by Crippen LogP contribution is -2.38. The lowest BCUT2D eigenvalue weighted by Gasteiger charge is -2.30. The standard InChI is InChI=1S/C19H23ClN4O/c1-13-7-9-24(10-8-13)19(25)17-11-18(23-14(2)22-17)21-12-15-5-3-4-6-16(15)20/h3-6,11,13H,7-10,12H2,1-2H3,(H,21,22,23). The van der Waals surface area contributed by atoms with Gasteiger partial charge in [-0.15, -0.1) is 0 Å². The number of carbonyl (C=O) groups excluding carboxylic acids is 1. The second kappa shape index (κ2) is 7.83. The number of carbonyl (C=O) groups is 1. The van der Waals surface area contributed by atoms with E-state index in [4.69, 9.17) is 11.6 Å². The first kappa shape index (κ1) is 17.7. The molecule has 3 rings (SSSR count). The summed E-state index contributed by atoms with van der Waals surface area (Å²) in [6.07, 6.45) is 2.10. The van der Waals surface area contributed by atoms with Crippen molar-refractivity contribution < 1.29 is 4.79 Å². The third-order valence-electron chi connectivity index (χ3n) is 4.55. The van der Waals surface area contributed by atoms with Gasteiger partial charge in [0.1, 0.15) is 17.3 Å². The van der Waals surface area contributed by atoms with Crippen LogP contribution < -0.4 is 5.32 Å². The molecule has 1 saturated heterocycles. The molecule has 0 saturated carbocycles. The lowest BCUT2D eigenvalue weighted by atomic mass is 9.99. The summed E-state index contributed by atoms with van der Waals surface area (Å²) in [4.78, 5) is 23.3. The Hall–Kier alpha value is -2.14. The summed E-state index contributed by atoms with van der Waals surface area (Å²) in [7, 11) is 0. The molecule has 0 aliphatic carbocycles. The van der Waals surface area contributed by atoms with Gasteiger partial charge in [-0.1, -0.05) is 36.7 Å². The minimum atomic E-state index is -0.0156. The van der Waals surface area contributed by atoms with Gasteiger partial charge in [-0.2, -0.15) is 0 Å². The SMILES string of the molecule is Cc1nc(NCc2ccccc2Cl)cc(C(=O)N2CCC(C)CC2)n1. The van der Waals surface area contributed by atoms with Gasteiger partial charge in [-0.3, -0.25) is 4.79 Å². The summed E-state index contributed by atoms with van der Waals surface area (Å²) in [5.74, 6) is 1.89. The second-order valence-corrected chi connectivity index (χ2v) is 7.01. The van der Waals surface area contributed by atoms with Crippen molar-refractivity contribution in [2.24, 2.45) is 5.92 Å². The van der Waals surface area contributed by atoms with E-state index in [2.05, 4.69) is 22.2 Å². The van der Waals surface area contributed by atoms with E-state index in [9.17, 15) is 4.79 Å². The van der Waals surface area contributed by atoms with Gasteiger partial charge in [0.2, 0.25) is 0 Å². The molecule has 0 bridgehead atoms. The molecule has 1 N–H and O–H groups in total. The molecule has 132 valence electrons. The number of nitrogens with zero attached hydrogens (tertiary/aromatic N) is 3. The third kappa shape index (κ3) is 4.48. The number of likely N-dealkylation sites (tertiary alicyclic amines) is 1. The van der Waals surface area contributed by atoms with Gasteiger partial charge in [0.05, 0.1) is 0 Å². The summed E-state index contributed by atoms with van der Waals surface area (Å²) >= 11 is 6.18. The molecular weight excluding hydrogens is 336 g/mol. The average molecular weight is 359 g/mol. The van der Waals surface area contributed by atoms with Crippen LogP contribution in [-0.2, 0) is 6.54 Å². The molecular formula is C19H23ClN4O. The summed E-state index contributed by atoms with van der Waals surface area (Å²) in [6, 6.07) is 9.39. The molecule has 1 fully saturated rings. The highest BCUT2D eigenvalue weighted by molar-refractivity contribution is 6.31. The van der Waals surface area contributed by atoms with E-state index < -0.39 is 0 Å². The minimum absolute atomic E-state index is 0.0156. The van der Waals surface area contributed by atoms with Gasteiger partial charge < -0.3 is 10.2 Å². The third-order valence-corrected chi connectivity index (χ3v) is 4.91. The van der Waals surface area contributed by atoms with Crippen molar-refractivity contribution >= 4 is 23.3 Å². The van der Waals surface area contributed by atoms with Crippen molar-refractivity contribution in [1.82, 2.24) is 14.9 Å². The van der Waals surface area contributed by atoms with E-state index >= 15 is 0 Å². The molecule has 1 aliphatic heterocycles. The smallest absolute Gasteiger partial charge is 0.272 e. The highest BCUT2D eigenvalue weighted by Crippen LogP contribution is 2.20. The predicted molar refractivity (Wildman–Crippen MR) is 99.8 cm³/mol. The van der Waals surface area contributed by atoms with E-state index in [1.807, 2.05) is 29.2 Å². The van der Waals surface area contributed by atoms with E-state index in [0.29, 0.717) is 34.8 Å². The Labute approximate surface area is 153 Å². The fourth-order valence-corrected chi connectivity index (χ4v) is 3.17. The molecule has 1 aromatic carbocycles. The predicted octanol–water partition coefficient (Wildman–Crippen LogP) is 3.92. The number of aryl methyl sites for hydroxylation is 1. The summed E-state index contributed by atoms with van der Waals surface area (Å²) in [5, 5.41) is 3.95. The van der Waals surface area contributed by atoms with Crippen molar-refractivity contribution in [3.05, 3.63) is 52.4 Å². The van der Waals surface area contributed by atoms with Crippen LogP contribution in [0.15, 0.2) is 30.3 Å². The summed E-state index contributed by atoms with van der Waals surface area (Å²) in [6.45, 7) is 6.17. The zero-order valence-corrected chi connectivity index (χ0v) is 15.4. The van der Waals surface area contributed by atoms with Crippen LogP contribution in [0, 0.1) is 12.8 Å². The van der Waals surface area contributed by atoms with Gasteiger partial charge in [0.15, 0.2) is 0 Å². The maximum absolute atomic E-state index is 12.7. The Kier molecular flexibility index (Phi) is 5.53. The van der Waals surface area contributed by atoms with Crippen LogP contribution in [0.3, 0.4) is 0 Å². The van der Waals surface area contributed by atoms with Crippen LogP contribution in [0.2, 0.25) is 5.02 Å². The van der Waals surface area contributed by atoms with Crippen molar-refractivity contribution in [2.45, 2.75) is 33.2 Å². The lowest BCUT2D eigenvalue weighted by molar-refractivity contribution is 0.0691. The Morgan fingerprint density at radius 3 is 2.72 bits per heavy atom. The minimum Gasteiger partial charge on any atom is -0.366 e. The van der Waals surface area contributed by atoms with Gasteiger partial charge in [-0.25, -0.2) is 9.97 Å². The molecule has 0 spiro atoms. The van der Waals surface area contributed by atoms with Gasteiger partial charge in [0.25, 0.3) is 5.91 Å². The number of nitrogens with one attached hydrogen (secondary N) is 1. The van der Waals surface area contributed by atoms with E-state index in [-0.39, 0.29) is 5.91 Å². The quantitative estimate of drug-likeness (QED) is 0.899. The summed E-state index contributed by atoms with van der Waals surface area (Å²) < 4.78 is 0. The van der Waals surface area contributed by atoms with Crippen molar-refractivity contribution in [3.8, 4) is 0 Å². The normalized spacial score (nSPS) is 15.2. The largest absolute Gasteiger partial charge is 0.366 e. The Morgan fingerprint density at radius 1 is 1.28 bits per heavy atom. The Morgan fingerprint density at radius 2 is 2.00 bits per heavy atom. The first-order chi connectivity index (χ1) is 12.0. The maximum atomic E-state index is 12.7. The number of amides is 1. The molecule has 0 radical (unpaired) electrons. The molecule has 6 heteroatoms. The molecule has 1 amide bonds. The second-order valence-electron chi connectivity index (χ2n) is 6.61. The molecule has 2 heterocycles. The van der Waals surface area contributed by atoms with Crippen LogP contribution in [0.5, 0.6) is 0 Å². The zero-order chi connectivity index (χ0) is 17.8. The number of rotatable bonds is 4. The topological polar surface area (TPSA) is 58.1 Å². The Balaban J connectivity index is 1.72. The monoisotopic (exact) mass is 358 g/mol. The van der Waals surface area contributed by atoms with Crippen molar-refractivity contribution in [2.75, 3.05) is 18.4 Å². The molecule has 5 nitrogen and oxygen atoms in total.